The Bertz CT molecular complexity index is 508. The average molecular weight is 251 g/mol. The van der Waals surface area contributed by atoms with Crippen molar-refractivity contribution in [1.29, 1.82) is 0 Å². The second-order valence-electron chi connectivity index (χ2n) is 4.92. The Labute approximate surface area is 116 Å². The van der Waals surface area contributed by atoms with Crippen molar-refractivity contribution in [2.45, 2.75) is 32.6 Å². The number of aliphatic imine (C=N–C) groups is 1. The molecule has 0 spiro atoms. The summed E-state index contributed by atoms with van der Waals surface area (Å²) in [6.07, 6.45) is 4.70. The van der Waals surface area contributed by atoms with Crippen LogP contribution in [0.15, 0.2) is 53.5 Å². The zero-order valence-electron chi connectivity index (χ0n) is 11.6. The molecule has 0 aromatic heterocycles. The van der Waals surface area contributed by atoms with E-state index in [1.807, 2.05) is 12.1 Å². The summed E-state index contributed by atoms with van der Waals surface area (Å²) in [7, 11) is 0. The lowest BCUT2D eigenvalue weighted by Gasteiger charge is -2.05. The van der Waals surface area contributed by atoms with Crippen LogP contribution in [0.5, 0.6) is 0 Å². The highest BCUT2D eigenvalue weighted by Gasteiger charge is 1.98. The normalized spacial score (nSPS) is 10.4. The predicted molar refractivity (Wildman–Crippen MR) is 83.5 cm³/mol. The Balaban J connectivity index is 1.99. The molecule has 1 nitrogen and oxygen atoms in total. The van der Waals surface area contributed by atoms with Crippen LogP contribution in [0.3, 0.4) is 0 Å². The molecule has 19 heavy (non-hydrogen) atoms. The molecule has 0 bridgehead atoms. The molecule has 2 aromatic rings. The van der Waals surface area contributed by atoms with Gasteiger partial charge in [-0.05, 0) is 54.8 Å². The van der Waals surface area contributed by atoms with Gasteiger partial charge in [-0.3, -0.25) is 4.99 Å². The van der Waals surface area contributed by atoms with E-state index in [2.05, 4.69) is 55.0 Å². The minimum atomic E-state index is 0.929. The third-order valence-corrected chi connectivity index (χ3v) is 3.37. The Kier molecular flexibility index (Phi) is 4.91. The van der Waals surface area contributed by atoms with E-state index in [-0.39, 0.29) is 0 Å². The van der Waals surface area contributed by atoms with Crippen molar-refractivity contribution in [2.75, 3.05) is 0 Å². The van der Waals surface area contributed by atoms with Gasteiger partial charge in [0.2, 0.25) is 0 Å². The molecule has 0 saturated carbocycles. The van der Waals surface area contributed by atoms with Crippen molar-refractivity contribution in [3.63, 3.8) is 0 Å². The highest BCUT2D eigenvalue weighted by atomic mass is 14.7. The van der Waals surface area contributed by atoms with Crippen molar-refractivity contribution in [3.8, 4) is 0 Å². The third kappa shape index (κ3) is 4.06. The fraction of sp³-hybridized carbons (Fsp3) is 0.278. The summed E-state index contributed by atoms with van der Waals surface area (Å²) in [4.78, 5) is 3.91. The van der Waals surface area contributed by atoms with Gasteiger partial charge < -0.3 is 0 Å². The number of nitrogens with zero attached hydrogens (tertiary/aromatic N) is 1. The molecular weight excluding hydrogens is 230 g/mol. The number of benzene rings is 2. The number of hydrogen-bond acceptors (Lipinski definition) is 1. The molecule has 0 aliphatic rings. The Morgan fingerprint density at radius 2 is 1.37 bits per heavy atom. The molecule has 2 rings (SSSR count). The SMILES string of the molecule is C=Nc1ccc(Cc2ccc(CCCC)cc2)cc1. The number of unbranched alkanes of at least 4 members (excludes halogenated alkanes) is 1. The van der Waals surface area contributed by atoms with Gasteiger partial charge in [-0.2, -0.15) is 0 Å². The third-order valence-electron chi connectivity index (χ3n) is 3.37. The van der Waals surface area contributed by atoms with Crippen LogP contribution in [0.2, 0.25) is 0 Å². The maximum atomic E-state index is 3.91. The first kappa shape index (κ1) is 13.5. The van der Waals surface area contributed by atoms with Gasteiger partial charge in [0.15, 0.2) is 0 Å². The summed E-state index contributed by atoms with van der Waals surface area (Å²) < 4.78 is 0. The highest BCUT2D eigenvalue weighted by Crippen LogP contribution is 2.16. The Morgan fingerprint density at radius 1 is 0.842 bits per heavy atom. The van der Waals surface area contributed by atoms with Gasteiger partial charge in [0.05, 0.1) is 5.69 Å². The monoisotopic (exact) mass is 251 g/mol. The van der Waals surface area contributed by atoms with Crippen LogP contribution >= 0.6 is 0 Å². The van der Waals surface area contributed by atoms with Crippen LogP contribution in [-0.4, -0.2) is 6.72 Å². The van der Waals surface area contributed by atoms with E-state index in [1.54, 1.807) is 0 Å². The summed E-state index contributed by atoms with van der Waals surface area (Å²) >= 11 is 0. The first-order valence-electron chi connectivity index (χ1n) is 6.95. The van der Waals surface area contributed by atoms with Crippen molar-refractivity contribution in [3.05, 3.63) is 65.2 Å². The summed E-state index contributed by atoms with van der Waals surface area (Å²) in [6.45, 7) is 5.76. The first-order chi connectivity index (χ1) is 9.31. The zero-order valence-corrected chi connectivity index (χ0v) is 11.6. The largest absolute Gasteiger partial charge is 0.265 e. The molecule has 2 aromatic carbocycles. The van der Waals surface area contributed by atoms with Gasteiger partial charge >= 0.3 is 0 Å². The minimum Gasteiger partial charge on any atom is -0.265 e. The average Bonchev–Trinajstić information content (AvgIpc) is 2.47. The van der Waals surface area contributed by atoms with E-state index in [9.17, 15) is 0 Å². The van der Waals surface area contributed by atoms with Gasteiger partial charge in [-0.1, -0.05) is 49.7 Å². The lowest BCUT2D eigenvalue weighted by Crippen LogP contribution is -1.89. The van der Waals surface area contributed by atoms with E-state index in [1.165, 1.54) is 36.0 Å². The summed E-state index contributed by atoms with van der Waals surface area (Å²) in [6, 6.07) is 17.3. The molecule has 0 N–H and O–H groups in total. The van der Waals surface area contributed by atoms with E-state index in [0.717, 1.165) is 12.1 Å². The smallest absolute Gasteiger partial charge is 0.0622 e. The van der Waals surface area contributed by atoms with Crippen LogP contribution in [0.1, 0.15) is 36.5 Å². The maximum Gasteiger partial charge on any atom is 0.0622 e. The topological polar surface area (TPSA) is 12.4 Å². The fourth-order valence-corrected chi connectivity index (χ4v) is 2.16. The minimum absolute atomic E-state index is 0.929. The quantitative estimate of drug-likeness (QED) is 0.644. The molecular formula is C18H21N. The van der Waals surface area contributed by atoms with Gasteiger partial charge in [-0.25, -0.2) is 0 Å². The lowest BCUT2D eigenvalue weighted by atomic mass is 10.0. The summed E-state index contributed by atoms with van der Waals surface area (Å²) in [5.74, 6) is 0. The van der Waals surface area contributed by atoms with Crippen molar-refractivity contribution in [1.82, 2.24) is 0 Å². The number of aryl methyl sites for hydroxylation is 1. The van der Waals surface area contributed by atoms with Gasteiger partial charge in [0.25, 0.3) is 0 Å². The van der Waals surface area contributed by atoms with Crippen molar-refractivity contribution >= 4 is 12.4 Å². The molecule has 0 fully saturated rings. The molecule has 0 atom stereocenters. The number of hydrogen-bond donors (Lipinski definition) is 0. The van der Waals surface area contributed by atoms with Crippen LogP contribution in [0.4, 0.5) is 5.69 Å². The van der Waals surface area contributed by atoms with Crippen molar-refractivity contribution < 1.29 is 0 Å². The second-order valence-corrected chi connectivity index (χ2v) is 4.92. The second kappa shape index (κ2) is 6.89. The number of rotatable bonds is 6. The van der Waals surface area contributed by atoms with Crippen LogP contribution in [-0.2, 0) is 12.8 Å². The fourth-order valence-electron chi connectivity index (χ4n) is 2.16. The molecule has 98 valence electrons. The van der Waals surface area contributed by atoms with Crippen LogP contribution < -0.4 is 0 Å². The lowest BCUT2D eigenvalue weighted by molar-refractivity contribution is 0.795. The molecule has 1 heteroatoms. The van der Waals surface area contributed by atoms with Gasteiger partial charge in [0.1, 0.15) is 0 Å². The Hall–Kier alpha value is -1.89. The summed E-state index contributed by atoms with van der Waals surface area (Å²) in [5.41, 5.74) is 5.05. The van der Waals surface area contributed by atoms with Crippen LogP contribution in [0, 0.1) is 0 Å². The molecule has 0 unspecified atom stereocenters. The maximum absolute atomic E-state index is 3.91. The highest BCUT2D eigenvalue weighted by molar-refractivity contribution is 5.46. The molecule has 0 saturated heterocycles. The molecule has 0 amide bonds. The van der Waals surface area contributed by atoms with E-state index in [0.29, 0.717) is 0 Å². The first-order valence-corrected chi connectivity index (χ1v) is 6.95. The Morgan fingerprint density at radius 3 is 1.89 bits per heavy atom. The zero-order chi connectivity index (χ0) is 13.5. The predicted octanol–water partition coefficient (Wildman–Crippen LogP) is 4.95. The van der Waals surface area contributed by atoms with Crippen LogP contribution in [0.25, 0.3) is 0 Å². The molecule has 0 radical (unpaired) electrons. The van der Waals surface area contributed by atoms with E-state index < -0.39 is 0 Å². The van der Waals surface area contributed by atoms with Gasteiger partial charge in [-0.15, -0.1) is 0 Å². The molecule has 0 aliphatic heterocycles. The van der Waals surface area contributed by atoms with Crippen molar-refractivity contribution in [2.24, 2.45) is 4.99 Å². The van der Waals surface area contributed by atoms with E-state index in [4.69, 9.17) is 0 Å². The molecule has 0 aliphatic carbocycles. The van der Waals surface area contributed by atoms with E-state index >= 15 is 0 Å². The molecule has 0 heterocycles. The standard InChI is InChI=1S/C18H21N/c1-3-4-5-15-6-8-16(9-7-15)14-17-10-12-18(19-2)13-11-17/h6-13H,2-5,14H2,1H3. The van der Waals surface area contributed by atoms with Gasteiger partial charge in [0, 0.05) is 0 Å². The summed E-state index contributed by atoms with van der Waals surface area (Å²) in [5, 5.41) is 0.